The second-order valence-corrected chi connectivity index (χ2v) is 8.19. The highest BCUT2D eigenvalue weighted by Gasteiger charge is 2.50. The first-order valence-corrected chi connectivity index (χ1v) is 10.3. The Hall–Kier alpha value is -2.47. The van der Waals surface area contributed by atoms with Crippen LogP contribution in [0.15, 0.2) is 24.3 Å². The lowest BCUT2D eigenvalue weighted by molar-refractivity contribution is -0.131. The number of carbonyl (C=O) groups excluding carboxylic acids is 1. The zero-order valence-electron chi connectivity index (χ0n) is 17.5. The van der Waals surface area contributed by atoms with Crippen molar-refractivity contribution < 1.29 is 13.9 Å². The summed E-state index contributed by atoms with van der Waals surface area (Å²) in [5.74, 6) is 0.536. The van der Waals surface area contributed by atoms with Gasteiger partial charge in [-0.25, -0.2) is 4.39 Å². The maximum absolute atomic E-state index is 14.7. The first-order valence-electron chi connectivity index (χ1n) is 10.3. The molecule has 3 heterocycles. The number of halogens is 1. The number of likely N-dealkylation sites (tertiary alicyclic amines) is 1. The van der Waals surface area contributed by atoms with Gasteiger partial charge in [-0.2, -0.15) is 0 Å². The number of ether oxygens (including phenoxy) is 1. The summed E-state index contributed by atoms with van der Waals surface area (Å²) in [5, 5.41) is 3.58. The fraction of sp³-hybridized carbons (Fsp3) is 0.478. The smallest absolute Gasteiger partial charge is 0.242 e. The number of rotatable bonds is 4. The van der Waals surface area contributed by atoms with Crippen LogP contribution in [0.4, 0.5) is 4.39 Å². The standard InChI is InChI=1S/C23H28FN3O2/c1-5-29-16-6-7-19(24)18(13-16)17-12-14(2)25-21(15(17)3)20-8-9-23(26-20)10-11-27(4)22(23)28/h6-7,12-13,20,26H,5,8-11H2,1-4H3. The first kappa shape index (κ1) is 19.8. The minimum atomic E-state index is -0.475. The van der Waals surface area contributed by atoms with E-state index in [1.807, 2.05) is 33.9 Å². The van der Waals surface area contributed by atoms with Crippen molar-refractivity contribution in [2.45, 2.75) is 51.6 Å². The molecule has 29 heavy (non-hydrogen) atoms. The Morgan fingerprint density at radius 2 is 2.07 bits per heavy atom. The minimum absolute atomic E-state index is 0.0118. The molecule has 6 heteroatoms. The van der Waals surface area contributed by atoms with Crippen molar-refractivity contribution in [2.75, 3.05) is 20.2 Å². The second-order valence-electron chi connectivity index (χ2n) is 8.19. The largest absolute Gasteiger partial charge is 0.494 e. The number of nitrogens with zero attached hydrogens (tertiary/aromatic N) is 2. The molecule has 1 N–H and O–H groups in total. The molecular weight excluding hydrogens is 369 g/mol. The summed E-state index contributed by atoms with van der Waals surface area (Å²) in [7, 11) is 1.86. The van der Waals surface area contributed by atoms with E-state index in [-0.39, 0.29) is 17.8 Å². The molecular formula is C23H28FN3O2. The molecule has 2 aliphatic heterocycles. The number of aromatic nitrogens is 1. The van der Waals surface area contributed by atoms with E-state index in [0.717, 1.165) is 48.3 Å². The summed E-state index contributed by atoms with van der Waals surface area (Å²) in [6.45, 7) is 7.13. The number of carbonyl (C=O) groups is 1. The van der Waals surface area contributed by atoms with Gasteiger partial charge in [0.15, 0.2) is 0 Å². The molecule has 2 atom stereocenters. The van der Waals surface area contributed by atoms with Crippen molar-refractivity contribution in [2.24, 2.45) is 0 Å². The number of aryl methyl sites for hydroxylation is 1. The molecule has 0 radical (unpaired) electrons. The molecule has 2 unspecified atom stereocenters. The third-order valence-electron chi connectivity index (χ3n) is 6.25. The molecule has 1 spiro atoms. The highest BCUT2D eigenvalue weighted by molar-refractivity contribution is 5.88. The van der Waals surface area contributed by atoms with Gasteiger partial charge in [0.05, 0.1) is 18.3 Å². The van der Waals surface area contributed by atoms with E-state index in [1.165, 1.54) is 6.07 Å². The van der Waals surface area contributed by atoms with Gasteiger partial charge in [-0.05, 0) is 75.4 Å². The molecule has 1 aromatic carbocycles. The maximum Gasteiger partial charge on any atom is 0.242 e. The topological polar surface area (TPSA) is 54.5 Å². The van der Waals surface area contributed by atoms with Crippen molar-refractivity contribution in [3.63, 3.8) is 0 Å². The van der Waals surface area contributed by atoms with Crippen LogP contribution in [0.3, 0.4) is 0 Å². The van der Waals surface area contributed by atoms with Crippen LogP contribution in [-0.2, 0) is 4.79 Å². The highest BCUT2D eigenvalue weighted by Crippen LogP contribution is 2.41. The van der Waals surface area contributed by atoms with Gasteiger partial charge >= 0.3 is 0 Å². The molecule has 1 aromatic heterocycles. The van der Waals surface area contributed by atoms with Crippen LogP contribution in [0.25, 0.3) is 11.1 Å². The van der Waals surface area contributed by atoms with Crippen molar-refractivity contribution in [1.29, 1.82) is 0 Å². The minimum Gasteiger partial charge on any atom is -0.494 e. The van der Waals surface area contributed by atoms with Gasteiger partial charge in [0.2, 0.25) is 5.91 Å². The third kappa shape index (κ3) is 3.39. The number of hydrogen-bond donors (Lipinski definition) is 1. The van der Waals surface area contributed by atoms with E-state index in [1.54, 1.807) is 17.0 Å². The Balaban J connectivity index is 1.72. The molecule has 5 nitrogen and oxygen atoms in total. The van der Waals surface area contributed by atoms with Gasteiger partial charge in [-0.3, -0.25) is 15.1 Å². The summed E-state index contributed by atoms with van der Waals surface area (Å²) < 4.78 is 20.3. The molecule has 1 amide bonds. The number of hydrogen-bond acceptors (Lipinski definition) is 4. The zero-order valence-corrected chi connectivity index (χ0v) is 17.5. The van der Waals surface area contributed by atoms with Crippen LogP contribution in [0.1, 0.15) is 49.2 Å². The van der Waals surface area contributed by atoms with E-state index in [0.29, 0.717) is 17.9 Å². The van der Waals surface area contributed by atoms with E-state index in [9.17, 15) is 9.18 Å². The Bertz CT molecular complexity index is 961. The van der Waals surface area contributed by atoms with Crippen molar-refractivity contribution in [1.82, 2.24) is 15.2 Å². The molecule has 0 saturated carbocycles. The van der Waals surface area contributed by atoms with E-state index >= 15 is 0 Å². The van der Waals surface area contributed by atoms with Gasteiger partial charge in [-0.1, -0.05) is 0 Å². The van der Waals surface area contributed by atoms with Gasteiger partial charge in [-0.15, -0.1) is 0 Å². The lowest BCUT2D eigenvalue weighted by Gasteiger charge is -2.24. The normalized spacial score (nSPS) is 24.0. The summed E-state index contributed by atoms with van der Waals surface area (Å²) in [5.41, 5.74) is 3.54. The monoisotopic (exact) mass is 397 g/mol. The lowest BCUT2D eigenvalue weighted by Crippen LogP contribution is -2.47. The van der Waals surface area contributed by atoms with Crippen LogP contribution in [-0.4, -0.2) is 41.5 Å². The quantitative estimate of drug-likeness (QED) is 0.849. The average molecular weight is 397 g/mol. The predicted molar refractivity (Wildman–Crippen MR) is 110 cm³/mol. The van der Waals surface area contributed by atoms with E-state index < -0.39 is 5.54 Å². The number of likely N-dealkylation sites (N-methyl/N-ethyl adjacent to an activating group) is 1. The van der Waals surface area contributed by atoms with Crippen molar-refractivity contribution in [3.05, 3.63) is 47.0 Å². The Labute approximate surface area is 171 Å². The molecule has 0 bridgehead atoms. The molecule has 4 rings (SSSR count). The fourth-order valence-corrected chi connectivity index (χ4v) is 4.72. The second kappa shape index (κ2) is 7.41. The molecule has 2 aliphatic rings. The lowest BCUT2D eigenvalue weighted by atomic mass is 9.94. The average Bonchev–Trinajstić information content (AvgIpc) is 3.25. The van der Waals surface area contributed by atoms with Crippen molar-refractivity contribution in [3.8, 4) is 16.9 Å². The summed E-state index contributed by atoms with van der Waals surface area (Å²) >= 11 is 0. The number of pyridine rings is 1. The molecule has 2 fully saturated rings. The van der Waals surface area contributed by atoms with Crippen molar-refractivity contribution >= 4 is 5.91 Å². The number of nitrogens with one attached hydrogen (secondary N) is 1. The third-order valence-corrected chi connectivity index (χ3v) is 6.25. The first-order chi connectivity index (χ1) is 13.8. The highest BCUT2D eigenvalue weighted by atomic mass is 19.1. The summed E-state index contributed by atoms with van der Waals surface area (Å²) in [6.07, 6.45) is 2.47. The Morgan fingerprint density at radius 3 is 2.76 bits per heavy atom. The molecule has 2 aromatic rings. The fourth-order valence-electron chi connectivity index (χ4n) is 4.72. The van der Waals surface area contributed by atoms with Gasteiger partial charge < -0.3 is 9.64 Å². The SMILES string of the molecule is CCOc1ccc(F)c(-c2cc(C)nc(C3CCC4(CCN(C)C4=O)N3)c2C)c1. The van der Waals surface area contributed by atoms with Crippen LogP contribution >= 0.6 is 0 Å². The predicted octanol–water partition coefficient (Wildman–Crippen LogP) is 3.93. The van der Waals surface area contributed by atoms with Crippen LogP contribution in [0, 0.1) is 19.7 Å². The maximum atomic E-state index is 14.7. The Morgan fingerprint density at radius 1 is 1.28 bits per heavy atom. The van der Waals surface area contributed by atoms with Gasteiger partial charge in [0, 0.05) is 24.8 Å². The number of amides is 1. The van der Waals surface area contributed by atoms with Gasteiger partial charge in [0.25, 0.3) is 0 Å². The molecule has 0 aliphatic carbocycles. The van der Waals surface area contributed by atoms with E-state index in [4.69, 9.17) is 9.72 Å². The number of benzene rings is 1. The summed E-state index contributed by atoms with van der Waals surface area (Å²) in [4.78, 5) is 19.3. The van der Waals surface area contributed by atoms with E-state index in [2.05, 4.69) is 5.32 Å². The van der Waals surface area contributed by atoms with Crippen LogP contribution in [0.5, 0.6) is 5.75 Å². The molecule has 2 saturated heterocycles. The van der Waals surface area contributed by atoms with Gasteiger partial charge in [0.1, 0.15) is 17.1 Å². The zero-order chi connectivity index (χ0) is 20.8. The van der Waals surface area contributed by atoms with Crippen LogP contribution < -0.4 is 10.1 Å². The summed E-state index contributed by atoms with van der Waals surface area (Å²) in [6, 6.07) is 6.76. The van der Waals surface area contributed by atoms with Crippen LogP contribution in [0.2, 0.25) is 0 Å². The molecule has 154 valence electrons. The Kier molecular flexibility index (Phi) is 5.07.